The molecule has 0 saturated carbocycles. The molecule has 0 atom stereocenters. The van der Waals surface area contributed by atoms with Crippen molar-refractivity contribution in [1.29, 1.82) is 0 Å². The molecule has 7 heteroatoms. The number of amides is 1. The summed E-state index contributed by atoms with van der Waals surface area (Å²) in [5.41, 5.74) is 3.85. The van der Waals surface area contributed by atoms with Crippen LogP contribution in [0, 0.1) is 0 Å². The molecule has 0 aliphatic carbocycles. The van der Waals surface area contributed by atoms with Gasteiger partial charge in [-0.3, -0.25) is 4.79 Å². The highest BCUT2D eigenvalue weighted by molar-refractivity contribution is 7.80. The van der Waals surface area contributed by atoms with Gasteiger partial charge in [0.1, 0.15) is 0 Å². The van der Waals surface area contributed by atoms with Gasteiger partial charge < -0.3 is 4.74 Å². The molecule has 0 unspecified atom stereocenters. The number of carbonyl (C=O) groups excluding carboxylic acids is 2. The fourth-order valence-electron chi connectivity index (χ4n) is 2.08. The van der Waals surface area contributed by atoms with E-state index in [2.05, 4.69) is 23.2 Å². The molecular formula is C18H17ClN2O3S. The van der Waals surface area contributed by atoms with Crippen LogP contribution in [-0.4, -0.2) is 24.2 Å². The van der Waals surface area contributed by atoms with E-state index >= 15 is 0 Å². The summed E-state index contributed by atoms with van der Waals surface area (Å²) in [6.45, 7) is 1.92. The Morgan fingerprint density at radius 1 is 1.16 bits per heavy atom. The minimum atomic E-state index is -0.684. The molecule has 130 valence electrons. The van der Waals surface area contributed by atoms with Gasteiger partial charge >= 0.3 is 6.09 Å². The number of ketones is 1. The largest absolute Gasteiger partial charge is 0.449 e. The standard InChI is InChI=1S/C18H17ClN2O3S/c1-2-24-18(23)21-20-15(12-7-9-13(19)10-8-12)11-16(22)14-5-3-4-6-17(14)25/h3-10,25H,2,11H2,1H3,(H,21,23)/b20-15+. The van der Waals surface area contributed by atoms with E-state index in [1.54, 1.807) is 55.5 Å². The van der Waals surface area contributed by atoms with Gasteiger partial charge in [-0.1, -0.05) is 41.9 Å². The normalized spacial score (nSPS) is 11.1. The first-order chi connectivity index (χ1) is 12.0. The van der Waals surface area contributed by atoms with E-state index in [-0.39, 0.29) is 18.8 Å². The summed E-state index contributed by atoms with van der Waals surface area (Å²) >= 11 is 10.2. The summed E-state index contributed by atoms with van der Waals surface area (Å²) in [7, 11) is 0. The van der Waals surface area contributed by atoms with E-state index in [9.17, 15) is 9.59 Å². The molecule has 2 aromatic rings. The number of rotatable bonds is 6. The van der Waals surface area contributed by atoms with Gasteiger partial charge in [0.15, 0.2) is 5.78 Å². The summed E-state index contributed by atoms with van der Waals surface area (Å²) in [6.07, 6.45) is -0.693. The van der Waals surface area contributed by atoms with Crippen LogP contribution in [0.15, 0.2) is 58.5 Å². The minimum Gasteiger partial charge on any atom is -0.449 e. The van der Waals surface area contributed by atoms with Crippen LogP contribution in [0.1, 0.15) is 29.3 Å². The van der Waals surface area contributed by atoms with Crippen LogP contribution < -0.4 is 5.43 Å². The summed E-state index contributed by atoms with van der Waals surface area (Å²) in [6, 6.07) is 13.8. The van der Waals surface area contributed by atoms with Crippen LogP contribution in [0.25, 0.3) is 0 Å². The number of Topliss-reactive ketones (excluding diaryl/α,β-unsaturated/α-hetero) is 1. The van der Waals surface area contributed by atoms with E-state index in [1.807, 2.05) is 0 Å². The number of ether oxygens (including phenoxy) is 1. The zero-order valence-corrected chi connectivity index (χ0v) is 15.2. The quantitative estimate of drug-likeness (QED) is 0.341. The van der Waals surface area contributed by atoms with Gasteiger partial charge in [-0.15, -0.1) is 12.6 Å². The summed E-state index contributed by atoms with van der Waals surface area (Å²) in [5.74, 6) is -0.162. The molecule has 0 heterocycles. The van der Waals surface area contributed by atoms with E-state index in [1.165, 1.54) is 0 Å². The van der Waals surface area contributed by atoms with Crippen LogP contribution in [-0.2, 0) is 4.74 Å². The maximum absolute atomic E-state index is 12.6. The molecule has 0 spiro atoms. The van der Waals surface area contributed by atoms with Crippen LogP contribution in [0.2, 0.25) is 5.02 Å². The number of hydrogen-bond donors (Lipinski definition) is 2. The second kappa shape index (κ2) is 9.25. The predicted octanol–water partition coefficient (Wildman–Crippen LogP) is 4.35. The predicted molar refractivity (Wildman–Crippen MR) is 101 cm³/mol. The lowest BCUT2D eigenvalue weighted by atomic mass is 10.0. The van der Waals surface area contributed by atoms with Crippen molar-refractivity contribution in [3.63, 3.8) is 0 Å². The Labute approximate surface area is 156 Å². The number of benzene rings is 2. The van der Waals surface area contributed by atoms with Gasteiger partial charge in [0.2, 0.25) is 0 Å². The van der Waals surface area contributed by atoms with Crippen molar-refractivity contribution in [2.24, 2.45) is 5.10 Å². The molecule has 0 radical (unpaired) electrons. The molecule has 25 heavy (non-hydrogen) atoms. The van der Waals surface area contributed by atoms with Gasteiger partial charge in [0, 0.05) is 15.5 Å². The minimum absolute atomic E-state index is 0.00832. The van der Waals surface area contributed by atoms with Crippen LogP contribution >= 0.6 is 24.2 Å². The Balaban J connectivity index is 2.26. The highest BCUT2D eigenvalue weighted by Gasteiger charge is 2.15. The number of hydrogen-bond acceptors (Lipinski definition) is 5. The molecule has 0 aliphatic rings. The van der Waals surface area contributed by atoms with Crippen molar-refractivity contribution < 1.29 is 14.3 Å². The summed E-state index contributed by atoms with van der Waals surface area (Å²) in [4.78, 5) is 24.7. The fourth-order valence-corrected chi connectivity index (χ4v) is 2.49. The van der Waals surface area contributed by atoms with Crippen molar-refractivity contribution >= 4 is 41.8 Å². The molecule has 0 aromatic heterocycles. The van der Waals surface area contributed by atoms with Gasteiger partial charge in [-0.05, 0) is 30.7 Å². The average Bonchev–Trinajstić information content (AvgIpc) is 2.60. The van der Waals surface area contributed by atoms with Crippen LogP contribution in [0.3, 0.4) is 0 Å². The number of halogens is 1. The monoisotopic (exact) mass is 376 g/mol. The third-order valence-corrected chi connectivity index (χ3v) is 3.91. The molecule has 1 N–H and O–H groups in total. The Morgan fingerprint density at radius 3 is 2.48 bits per heavy atom. The molecule has 0 aliphatic heterocycles. The SMILES string of the molecule is CCOC(=O)N/N=C(\CC(=O)c1ccccc1S)c1ccc(Cl)cc1. The van der Waals surface area contributed by atoms with Crippen LogP contribution in [0.4, 0.5) is 4.79 Å². The Hall–Kier alpha value is -2.31. The average molecular weight is 377 g/mol. The second-order valence-corrected chi connectivity index (χ2v) is 5.93. The highest BCUT2D eigenvalue weighted by atomic mass is 35.5. The number of carbonyl (C=O) groups is 2. The number of nitrogens with one attached hydrogen (secondary N) is 1. The third-order valence-electron chi connectivity index (χ3n) is 3.27. The second-order valence-electron chi connectivity index (χ2n) is 5.01. The van der Waals surface area contributed by atoms with Gasteiger partial charge in [0.25, 0.3) is 0 Å². The van der Waals surface area contributed by atoms with E-state index < -0.39 is 6.09 Å². The summed E-state index contributed by atoms with van der Waals surface area (Å²) in [5, 5.41) is 4.60. The number of nitrogens with zero attached hydrogens (tertiary/aromatic N) is 1. The van der Waals surface area contributed by atoms with Crippen molar-refractivity contribution in [3.05, 3.63) is 64.7 Å². The molecular weight excluding hydrogens is 360 g/mol. The third kappa shape index (κ3) is 5.62. The lowest BCUT2D eigenvalue weighted by molar-refractivity contribution is 0.0997. The topological polar surface area (TPSA) is 67.8 Å². The first-order valence-corrected chi connectivity index (χ1v) is 8.40. The lowest BCUT2D eigenvalue weighted by Crippen LogP contribution is -2.22. The maximum Gasteiger partial charge on any atom is 0.427 e. The highest BCUT2D eigenvalue weighted by Crippen LogP contribution is 2.18. The van der Waals surface area contributed by atoms with Crippen molar-refractivity contribution in [2.75, 3.05) is 6.61 Å². The molecule has 5 nitrogen and oxygen atoms in total. The molecule has 2 rings (SSSR count). The Morgan fingerprint density at radius 2 is 1.84 bits per heavy atom. The first-order valence-electron chi connectivity index (χ1n) is 7.57. The Kier molecular flexibility index (Phi) is 7.03. The van der Waals surface area contributed by atoms with Gasteiger partial charge in [-0.25, -0.2) is 10.2 Å². The molecule has 0 saturated heterocycles. The van der Waals surface area contributed by atoms with E-state index in [0.29, 0.717) is 26.8 Å². The zero-order chi connectivity index (χ0) is 18.2. The van der Waals surface area contributed by atoms with Gasteiger partial charge in [0.05, 0.1) is 18.7 Å². The van der Waals surface area contributed by atoms with Crippen LogP contribution in [0.5, 0.6) is 0 Å². The number of thiol groups is 1. The van der Waals surface area contributed by atoms with E-state index in [4.69, 9.17) is 16.3 Å². The number of hydrazone groups is 1. The van der Waals surface area contributed by atoms with Crippen molar-refractivity contribution in [1.82, 2.24) is 5.43 Å². The first kappa shape index (κ1) is 19.0. The molecule has 0 bridgehead atoms. The molecule has 2 aromatic carbocycles. The van der Waals surface area contributed by atoms with Crippen molar-refractivity contribution in [2.45, 2.75) is 18.2 Å². The van der Waals surface area contributed by atoms with E-state index in [0.717, 1.165) is 0 Å². The maximum atomic E-state index is 12.6. The lowest BCUT2D eigenvalue weighted by Gasteiger charge is -2.09. The fraction of sp³-hybridized carbons (Fsp3) is 0.167. The zero-order valence-electron chi connectivity index (χ0n) is 13.5. The Bertz CT molecular complexity index is 791. The van der Waals surface area contributed by atoms with Crippen molar-refractivity contribution in [3.8, 4) is 0 Å². The molecule has 1 amide bonds. The smallest absolute Gasteiger partial charge is 0.427 e. The van der Waals surface area contributed by atoms with Gasteiger partial charge in [-0.2, -0.15) is 5.10 Å². The summed E-state index contributed by atoms with van der Waals surface area (Å²) < 4.78 is 4.78. The molecule has 0 fully saturated rings.